The number of rotatable bonds is 5. The summed E-state index contributed by atoms with van der Waals surface area (Å²) in [5.74, 6) is 0. The first-order valence-electron chi connectivity index (χ1n) is 4.96. The topological polar surface area (TPSA) is 89.3 Å². The maximum atomic E-state index is 12.0. The Morgan fingerprint density at radius 2 is 2.15 bits per heavy atom. The maximum Gasteiger partial charge on any atom is 0.300 e. The summed E-state index contributed by atoms with van der Waals surface area (Å²) in [6.45, 7) is 0.113. The molecule has 0 aliphatic carbocycles. The van der Waals surface area contributed by atoms with Crippen LogP contribution in [0, 0.1) is 10.1 Å². The Morgan fingerprint density at radius 1 is 1.45 bits per heavy atom. The number of sulfonamides is 1. The van der Waals surface area contributed by atoms with Crippen LogP contribution in [0.5, 0.6) is 0 Å². The zero-order valence-corrected chi connectivity index (χ0v) is 14.3. The van der Waals surface area contributed by atoms with E-state index in [1.54, 1.807) is 6.07 Å². The molecule has 2 rings (SSSR count). The molecule has 2 aromatic rings. The summed E-state index contributed by atoms with van der Waals surface area (Å²) in [5.41, 5.74) is -0.407. The van der Waals surface area contributed by atoms with Crippen LogP contribution in [0.15, 0.2) is 26.2 Å². The second-order valence-electron chi connectivity index (χ2n) is 3.54. The minimum Gasteiger partial charge on any atom is -0.258 e. The van der Waals surface area contributed by atoms with Gasteiger partial charge in [0.25, 0.3) is 15.7 Å². The van der Waals surface area contributed by atoms with Gasteiger partial charge in [-0.05, 0) is 22.0 Å². The van der Waals surface area contributed by atoms with E-state index >= 15 is 0 Å². The van der Waals surface area contributed by atoms with Gasteiger partial charge in [-0.25, -0.2) is 13.1 Å². The fourth-order valence-electron chi connectivity index (χ4n) is 1.28. The van der Waals surface area contributed by atoms with Gasteiger partial charge in [-0.2, -0.15) is 0 Å². The number of hydrogen-bond acceptors (Lipinski definition) is 6. The molecule has 2 aromatic heterocycles. The summed E-state index contributed by atoms with van der Waals surface area (Å²) in [5, 5.41) is 12.5. The molecule has 0 aromatic carbocycles. The average Bonchev–Trinajstić information content (AvgIpc) is 2.93. The molecule has 0 saturated carbocycles. The van der Waals surface area contributed by atoms with Crippen molar-refractivity contribution in [1.82, 2.24) is 4.72 Å². The fourth-order valence-corrected chi connectivity index (χ4v) is 5.48. The number of nitrogens with one attached hydrogen (secondary N) is 1. The van der Waals surface area contributed by atoms with Crippen molar-refractivity contribution in [3.63, 3.8) is 0 Å². The van der Waals surface area contributed by atoms with Crippen LogP contribution < -0.4 is 4.72 Å². The lowest BCUT2D eigenvalue weighted by molar-refractivity contribution is -0.384. The molecule has 0 fully saturated rings. The zero-order valence-electron chi connectivity index (χ0n) is 9.50. The van der Waals surface area contributed by atoms with Crippen molar-refractivity contribution >= 4 is 65.9 Å². The van der Waals surface area contributed by atoms with E-state index in [1.165, 1.54) is 11.3 Å². The smallest absolute Gasteiger partial charge is 0.258 e. The van der Waals surface area contributed by atoms with Gasteiger partial charge >= 0.3 is 0 Å². The van der Waals surface area contributed by atoms with E-state index in [2.05, 4.69) is 20.7 Å². The van der Waals surface area contributed by atoms with Gasteiger partial charge in [-0.15, -0.1) is 22.7 Å². The summed E-state index contributed by atoms with van der Waals surface area (Å²) < 4.78 is 26.9. The van der Waals surface area contributed by atoms with Crippen molar-refractivity contribution in [2.75, 3.05) is 0 Å². The predicted octanol–water partition coefficient (Wildman–Crippen LogP) is 3.61. The third kappa shape index (κ3) is 3.57. The standard InChI is InChI=1S/C9H6BrClN2O4S3/c10-5-1-6(18-4-5)3-12-20(16,17)8-2-7(13(14)15)9(11)19-8/h1-2,4,12H,3H2. The van der Waals surface area contributed by atoms with E-state index < -0.39 is 20.6 Å². The van der Waals surface area contributed by atoms with E-state index in [-0.39, 0.29) is 15.1 Å². The van der Waals surface area contributed by atoms with Crippen LogP contribution >= 0.6 is 50.2 Å². The Labute approximate surface area is 135 Å². The van der Waals surface area contributed by atoms with Gasteiger partial charge in [-0.1, -0.05) is 11.6 Å². The van der Waals surface area contributed by atoms with Gasteiger partial charge < -0.3 is 0 Å². The van der Waals surface area contributed by atoms with E-state index in [0.29, 0.717) is 11.3 Å². The van der Waals surface area contributed by atoms with Gasteiger partial charge in [0.1, 0.15) is 4.21 Å². The molecule has 1 N–H and O–H groups in total. The average molecular weight is 418 g/mol. The third-order valence-corrected chi connectivity index (χ3v) is 7.08. The summed E-state index contributed by atoms with van der Waals surface area (Å²) in [4.78, 5) is 10.8. The van der Waals surface area contributed by atoms with Gasteiger partial charge in [-0.3, -0.25) is 10.1 Å². The molecule has 0 aliphatic rings. The molecule has 0 saturated heterocycles. The normalized spacial score (nSPS) is 11.7. The zero-order chi connectivity index (χ0) is 14.9. The largest absolute Gasteiger partial charge is 0.300 e. The number of nitrogens with zero attached hydrogens (tertiary/aromatic N) is 1. The van der Waals surface area contributed by atoms with Crippen molar-refractivity contribution in [2.24, 2.45) is 0 Å². The van der Waals surface area contributed by atoms with Gasteiger partial charge in [0.15, 0.2) is 4.34 Å². The fraction of sp³-hybridized carbons (Fsp3) is 0.111. The van der Waals surface area contributed by atoms with E-state index in [1.807, 2.05) is 5.38 Å². The minimum absolute atomic E-state index is 0.113. The van der Waals surface area contributed by atoms with Crippen molar-refractivity contribution in [1.29, 1.82) is 0 Å². The first kappa shape index (κ1) is 15.9. The van der Waals surface area contributed by atoms with Crippen LogP contribution in [0.1, 0.15) is 4.88 Å². The molecule has 0 unspecified atom stereocenters. The number of nitro groups is 1. The summed E-state index contributed by atoms with van der Waals surface area (Å²) in [6, 6.07) is 2.75. The van der Waals surface area contributed by atoms with E-state index in [0.717, 1.165) is 15.4 Å². The molecule has 0 bridgehead atoms. The van der Waals surface area contributed by atoms with Gasteiger partial charge in [0.2, 0.25) is 0 Å². The highest BCUT2D eigenvalue weighted by Gasteiger charge is 2.25. The Kier molecular flexibility index (Phi) is 4.82. The molecule has 11 heteroatoms. The van der Waals surface area contributed by atoms with E-state index in [9.17, 15) is 18.5 Å². The molecule has 108 valence electrons. The van der Waals surface area contributed by atoms with Gasteiger partial charge in [0, 0.05) is 27.3 Å². The number of hydrogen-bond donors (Lipinski definition) is 1. The highest BCUT2D eigenvalue weighted by molar-refractivity contribution is 9.10. The lowest BCUT2D eigenvalue weighted by atomic mass is 10.5. The van der Waals surface area contributed by atoms with Crippen molar-refractivity contribution in [3.8, 4) is 0 Å². The highest BCUT2D eigenvalue weighted by Crippen LogP contribution is 2.36. The molecule has 0 atom stereocenters. The highest BCUT2D eigenvalue weighted by atomic mass is 79.9. The van der Waals surface area contributed by atoms with Gasteiger partial charge in [0.05, 0.1) is 4.92 Å². The van der Waals surface area contributed by atoms with Crippen molar-refractivity contribution < 1.29 is 13.3 Å². The Morgan fingerprint density at radius 3 is 2.65 bits per heavy atom. The van der Waals surface area contributed by atoms with Crippen molar-refractivity contribution in [2.45, 2.75) is 10.8 Å². The van der Waals surface area contributed by atoms with Crippen LogP contribution in [0.3, 0.4) is 0 Å². The quantitative estimate of drug-likeness (QED) is 0.594. The third-order valence-electron chi connectivity index (χ3n) is 2.17. The molecule has 20 heavy (non-hydrogen) atoms. The lowest BCUT2D eigenvalue weighted by Gasteiger charge is -2.01. The second-order valence-corrected chi connectivity index (χ2v) is 9.10. The Hall–Kier alpha value is -0.520. The summed E-state index contributed by atoms with van der Waals surface area (Å²) in [6.07, 6.45) is 0. The maximum absolute atomic E-state index is 12.0. The van der Waals surface area contributed by atoms with Crippen molar-refractivity contribution in [3.05, 3.63) is 41.3 Å². The van der Waals surface area contributed by atoms with Crippen LogP contribution in [0.4, 0.5) is 5.69 Å². The predicted molar refractivity (Wildman–Crippen MR) is 82.0 cm³/mol. The molecular weight excluding hydrogens is 412 g/mol. The molecule has 0 spiro atoms. The first-order chi connectivity index (χ1) is 9.29. The molecule has 2 heterocycles. The Balaban J connectivity index is 2.18. The summed E-state index contributed by atoms with van der Waals surface area (Å²) in [7, 11) is -3.81. The van der Waals surface area contributed by atoms with Crippen LogP contribution in [0.25, 0.3) is 0 Å². The van der Waals surface area contributed by atoms with Crippen LogP contribution in [-0.2, 0) is 16.6 Å². The van der Waals surface area contributed by atoms with E-state index in [4.69, 9.17) is 11.6 Å². The molecule has 0 aliphatic heterocycles. The SMILES string of the molecule is O=[N+]([O-])c1cc(S(=O)(=O)NCc2cc(Br)cs2)sc1Cl. The molecular formula is C9H6BrClN2O4S3. The van der Waals surface area contributed by atoms with Crippen LogP contribution in [0.2, 0.25) is 4.34 Å². The number of thiophene rings is 2. The second kappa shape index (κ2) is 6.08. The molecule has 6 nitrogen and oxygen atoms in total. The number of halogens is 2. The monoisotopic (exact) mass is 416 g/mol. The summed E-state index contributed by atoms with van der Waals surface area (Å²) >= 11 is 11.0. The lowest BCUT2D eigenvalue weighted by Crippen LogP contribution is -2.21. The Bertz CT molecular complexity index is 755. The minimum atomic E-state index is -3.81. The van der Waals surface area contributed by atoms with Crippen LogP contribution in [-0.4, -0.2) is 13.3 Å². The molecule has 0 radical (unpaired) electrons. The molecule has 0 amide bonds. The first-order valence-corrected chi connectivity index (χ1v) is 9.31.